The first-order valence-electron chi connectivity index (χ1n) is 8.19. The van der Waals surface area contributed by atoms with Gasteiger partial charge < -0.3 is 9.64 Å². The standard InChI is InChI=1S/C17H21ClN4O2/c1-3-24-16(23)13-8-10-21(11-9-13)17-20-19-12(2)22(17)15-6-4-14(18)5-7-15/h4-7,13H,3,8-11H2,1-2H3. The summed E-state index contributed by atoms with van der Waals surface area (Å²) in [4.78, 5) is 14.1. The van der Waals surface area contributed by atoms with Crippen molar-refractivity contribution in [3.63, 3.8) is 0 Å². The Labute approximate surface area is 146 Å². The van der Waals surface area contributed by atoms with Crippen LogP contribution in [-0.4, -0.2) is 40.4 Å². The summed E-state index contributed by atoms with van der Waals surface area (Å²) in [5.41, 5.74) is 0.976. The molecule has 0 N–H and O–H groups in total. The van der Waals surface area contributed by atoms with E-state index in [1.54, 1.807) is 0 Å². The van der Waals surface area contributed by atoms with Crippen LogP contribution in [0.15, 0.2) is 24.3 Å². The predicted octanol–water partition coefficient (Wildman–Crippen LogP) is 3.01. The predicted molar refractivity (Wildman–Crippen MR) is 92.7 cm³/mol. The zero-order valence-electron chi connectivity index (χ0n) is 13.9. The molecule has 6 nitrogen and oxygen atoms in total. The second-order valence-electron chi connectivity index (χ2n) is 5.87. The van der Waals surface area contributed by atoms with Crippen LogP contribution in [0.25, 0.3) is 5.69 Å². The fourth-order valence-electron chi connectivity index (χ4n) is 3.02. The number of anilines is 1. The third kappa shape index (κ3) is 3.38. The Balaban J connectivity index is 1.77. The van der Waals surface area contributed by atoms with Gasteiger partial charge in [0.1, 0.15) is 5.82 Å². The lowest BCUT2D eigenvalue weighted by Crippen LogP contribution is -2.38. The fourth-order valence-corrected chi connectivity index (χ4v) is 3.15. The highest BCUT2D eigenvalue weighted by Crippen LogP contribution is 2.26. The maximum atomic E-state index is 11.9. The summed E-state index contributed by atoms with van der Waals surface area (Å²) >= 11 is 5.98. The number of benzene rings is 1. The minimum Gasteiger partial charge on any atom is -0.466 e. The summed E-state index contributed by atoms with van der Waals surface area (Å²) in [7, 11) is 0. The van der Waals surface area contributed by atoms with E-state index in [2.05, 4.69) is 15.1 Å². The molecule has 0 radical (unpaired) electrons. The number of aryl methyl sites for hydroxylation is 1. The largest absolute Gasteiger partial charge is 0.466 e. The zero-order chi connectivity index (χ0) is 17.1. The maximum Gasteiger partial charge on any atom is 0.309 e. The highest BCUT2D eigenvalue weighted by molar-refractivity contribution is 6.30. The van der Waals surface area contributed by atoms with Crippen LogP contribution in [0.5, 0.6) is 0 Å². The molecule has 24 heavy (non-hydrogen) atoms. The van der Waals surface area contributed by atoms with Gasteiger partial charge in [0.05, 0.1) is 18.2 Å². The van der Waals surface area contributed by atoms with Gasteiger partial charge in [0.15, 0.2) is 0 Å². The lowest BCUT2D eigenvalue weighted by atomic mass is 9.97. The van der Waals surface area contributed by atoms with Gasteiger partial charge in [-0.15, -0.1) is 10.2 Å². The molecule has 1 saturated heterocycles. The van der Waals surface area contributed by atoms with E-state index in [0.29, 0.717) is 11.6 Å². The fraction of sp³-hybridized carbons (Fsp3) is 0.471. The second-order valence-corrected chi connectivity index (χ2v) is 6.31. The number of nitrogens with zero attached hydrogens (tertiary/aromatic N) is 4. The minimum absolute atomic E-state index is 0.0193. The number of halogens is 1. The molecule has 0 bridgehead atoms. The van der Waals surface area contributed by atoms with Crippen LogP contribution in [0.4, 0.5) is 5.95 Å². The number of carbonyl (C=O) groups is 1. The first-order chi connectivity index (χ1) is 11.6. The molecule has 0 saturated carbocycles. The molecule has 1 aliphatic heterocycles. The summed E-state index contributed by atoms with van der Waals surface area (Å²) in [5, 5.41) is 9.25. The quantitative estimate of drug-likeness (QED) is 0.795. The highest BCUT2D eigenvalue weighted by Gasteiger charge is 2.28. The van der Waals surface area contributed by atoms with E-state index in [-0.39, 0.29) is 11.9 Å². The average Bonchev–Trinajstić information content (AvgIpc) is 2.98. The Morgan fingerprint density at radius 2 is 1.92 bits per heavy atom. The van der Waals surface area contributed by atoms with Crippen molar-refractivity contribution in [2.45, 2.75) is 26.7 Å². The molecule has 2 aromatic rings. The van der Waals surface area contributed by atoms with Crippen molar-refractivity contribution in [3.8, 4) is 5.69 Å². The molecule has 1 aromatic heterocycles. The van der Waals surface area contributed by atoms with Gasteiger partial charge in [0, 0.05) is 18.1 Å². The molecule has 0 aliphatic carbocycles. The molecular formula is C17H21ClN4O2. The van der Waals surface area contributed by atoms with E-state index in [4.69, 9.17) is 16.3 Å². The summed E-state index contributed by atoms with van der Waals surface area (Å²) < 4.78 is 7.14. The first-order valence-corrected chi connectivity index (χ1v) is 8.57. The normalized spacial score (nSPS) is 15.5. The molecule has 1 aromatic carbocycles. The Kier molecular flexibility index (Phi) is 5.04. The number of aromatic nitrogens is 3. The summed E-state index contributed by atoms with van der Waals surface area (Å²) in [5.74, 6) is 1.51. The third-order valence-corrected chi connectivity index (χ3v) is 4.54. The molecule has 0 amide bonds. The zero-order valence-corrected chi connectivity index (χ0v) is 14.7. The molecule has 1 fully saturated rings. The molecule has 0 spiro atoms. The van der Waals surface area contributed by atoms with Crippen LogP contribution >= 0.6 is 11.6 Å². The van der Waals surface area contributed by atoms with Gasteiger partial charge >= 0.3 is 5.97 Å². The highest BCUT2D eigenvalue weighted by atomic mass is 35.5. The van der Waals surface area contributed by atoms with Gasteiger partial charge in [-0.05, 0) is 51.0 Å². The number of hydrogen-bond acceptors (Lipinski definition) is 5. The van der Waals surface area contributed by atoms with Crippen LogP contribution in [-0.2, 0) is 9.53 Å². The second kappa shape index (κ2) is 7.21. The van der Waals surface area contributed by atoms with Crippen LogP contribution in [0, 0.1) is 12.8 Å². The number of carbonyl (C=O) groups excluding carboxylic acids is 1. The molecule has 2 heterocycles. The van der Waals surface area contributed by atoms with Crippen molar-refractivity contribution in [1.29, 1.82) is 0 Å². The third-order valence-electron chi connectivity index (χ3n) is 4.29. The van der Waals surface area contributed by atoms with Crippen molar-refractivity contribution in [2.75, 3.05) is 24.6 Å². The number of esters is 1. The molecule has 7 heteroatoms. The minimum atomic E-state index is -0.0903. The lowest BCUT2D eigenvalue weighted by Gasteiger charge is -2.31. The van der Waals surface area contributed by atoms with Gasteiger partial charge in [-0.25, -0.2) is 0 Å². The average molecular weight is 349 g/mol. The summed E-state index contributed by atoms with van der Waals surface area (Å²) in [6.45, 7) is 5.72. The molecular weight excluding hydrogens is 328 g/mol. The van der Waals surface area contributed by atoms with Gasteiger partial charge in [-0.2, -0.15) is 0 Å². The Hall–Kier alpha value is -2.08. The van der Waals surface area contributed by atoms with E-state index in [1.165, 1.54) is 0 Å². The van der Waals surface area contributed by atoms with Crippen molar-refractivity contribution in [2.24, 2.45) is 5.92 Å². The molecule has 0 unspecified atom stereocenters. The van der Waals surface area contributed by atoms with Crippen molar-refractivity contribution in [1.82, 2.24) is 14.8 Å². The van der Waals surface area contributed by atoms with E-state index in [9.17, 15) is 4.79 Å². The van der Waals surface area contributed by atoms with Crippen molar-refractivity contribution >= 4 is 23.5 Å². The van der Waals surface area contributed by atoms with Gasteiger partial charge in [0.2, 0.25) is 5.95 Å². The number of ether oxygens (including phenoxy) is 1. The smallest absolute Gasteiger partial charge is 0.309 e. The van der Waals surface area contributed by atoms with Crippen LogP contribution in [0.1, 0.15) is 25.6 Å². The SMILES string of the molecule is CCOC(=O)C1CCN(c2nnc(C)n2-c2ccc(Cl)cc2)CC1. The number of hydrogen-bond donors (Lipinski definition) is 0. The molecule has 3 rings (SSSR count). The van der Waals surface area contributed by atoms with Crippen LogP contribution < -0.4 is 4.90 Å². The van der Waals surface area contributed by atoms with E-state index >= 15 is 0 Å². The van der Waals surface area contributed by atoms with Gasteiger partial charge in [-0.1, -0.05) is 11.6 Å². The van der Waals surface area contributed by atoms with E-state index in [1.807, 2.05) is 42.7 Å². The topological polar surface area (TPSA) is 60.2 Å². The molecule has 0 atom stereocenters. The van der Waals surface area contributed by atoms with E-state index < -0.39 is 0 Å². The Morgan fingerprint density at radius 1 is 1.25 bits per heavy atom. The first kappa shape index (κ1) is 16.8. The van der Waals surface area contributed by atoms with Gasteiger partial charge in [0.25, 0.3) is 0 Å². The summed E-state index contributed by atoms with van der Waals surface area (Å²) in [6.07, 6.45) is 1.54. The van der Waals surface area contributed by atoms with Crippen molar-refractivity contribution < 1.29 is 9.53 Å². The Morgan fingerprint density at radius 3 is 2.54 bits per heavy atom. The maximum absolute atomic E-state index is 11.9. The van der Waals surface area contributed by atoms with Crippen LogP contribution in [0.3, 0.4) is 0 Å². The lowest BCUT2D eigenvalue weighted by molar-refractivity contribution is -0.148. The van der Waals surface area contributed by atoms with Crippen molar-refractivity contribution in [3.05, 3.63) is 35.1 Å². The number of rotatable bonds is 4. The molecule has 1 aliphatic rings. The summed E-state index contributed by atoms with van der Waals surface area (Å²) in [6, 6.07) is 7.61. The van der Waals surface area contributed by atoms with Gasteiger partial charge in [-0.3, -0.25) is 9.36 Å². The number of piperidine rings is 1. The van der Waals surface area contributed by atoms with Crippen LogP contribution in [0.2, 0.25) is 5.02 Å². The molecule has 128 valence electrons. The van der Waals surface area contributed by atoms with E-state index in [0.717, 1.165) is 43.4 Å². The Bertz CT molecular complexity index is 706. The monoisotopic (exact) mass is 348 g/mol.